The predicted octanol–water partition coefficient (Wildman–Crippen LogP) is 4.70. The van der Waals surface area contributed by atoms with Gasteiger partial charge in [-0.05, 0) is 61.2 Å². The van der Waals surface area contributed by atoms with E-state index in [1.54, 1.807) is 36.4 Å². The van der Waals surface area contributed by atoms with Crippen molar-refractivity contribution in [2.75, 3.05) is 16.2 Å². The predicted molar refractivity (Wildman–Crippen MR) is 121 cm³/mol. The molecule has 1 N–H and O–H groups in total. The van der Waals surface area contributed by atoms with E-state index in [1.807, 2.05) is 45.0 Å². The minimum atomic E-state index is -3.91. The Kier molecular flexibility index (Phi) is 6.57. The van der Waals surface area contributed by atoms with Gasteiger partial charge in [0.2, 0.25) is 5.91 Å². The second-order valence-corrected chi connectivity index (χ2v) is 9.04. The summed E-state index contributed by atoms with van der Waals surface area (Å²) in [6.45, 7) is 5.51. The van der Waals surface area contributed by atoms with Gasteiger partial charge in [-0.2, -0.15) is 0 Å². The van der Waals surface area contributed by atoms with Crippen LogP contribution in [-0.2, 0) is 21.2 Å². The number of rotatable bonds is 7. The zero-order valence-corrected chi connectivity index (χ0v) is 18.2. The first-order chi connectivity index (χ1) is 14.3. The van der Waals surface area contributed by atoms with Crippen LogP contribution in [0.5, 0.6) is 0 Å². The van der Waals surface area contributed by atoms with Crippen LogP contribution in [0.3, 0.4) is 0 Å². The molecule has 0 bridgehead atoms. The van der Waals surface area contributed by atoms with E-state index in [1.165, 1.54) is 12.1 Å². The van der Waals surface area contributed by atoms with E-state index in [0.29, 0.717) is 5.69 Å². The quantitative estimate of drug-likeness (QED) is 0.600. The number of carbonyl (C=O) groups is 1. The van der Waals surface area contributed by atoms with Crippen molar-refractivity contribution in [3.63, 3.8) is 0 Å². The molecule has 3 aromatic rings. The fourth-order valence-electron chi connectivity index (χ4n) is 3.33. The minimum absolute atomic E-state index is 0.143. The standard InChI is InChI=1S/C24H26N2O3S/c1-4-20-12-9-11-19(3)24(20)25-23(27)17-26(21-13-8-10-18(2)16-21)30(28,29)22-14-6-5-7-15-22/h5-16H,4,17H2,1-3H3,(H,25,27). The third-order valence-corrected chi connectivity index (χ3v) is 6.70. The van der Waals surface area contributed by atoms with Crippen LogP contribution in [0.2, 0.25) is 0 Å². The van der Waals surface area contributed by atoms with Crippen LogP contribution in [0.25, 0.3) is 0 Å². The first kappa shape index (κ1) is 21.6. The summed E-state index contributed by atoms with van der Waals surface area (Å²) in [6.07, 6.45) is 0.765. The van der Waals surface area contributed by atoms with Crippen molar-refractivity contribution < 1.29 is 13.2 Å². The molecule has 156 valence electrons. The summed E-state index contributed by atoms with van der Waals surface area (Å²) >= 11 is 0. The molecule has 0 saturated heterocycles. The molecule has 30 heavy (non-hydrogen) atoms. The highest BCUT2D eigenvalue weighted by molar-refractivity contribution is 7.92. The average molecular weight is 423 g/mol. The fourth-order valence-corrected chi connectivity index (χ4v) is 4.76. The van der Waals surface area contributed by atoms with E-state index < -0.39 is 10.0 Å². The number of para-hydroxylation sites is 1. The Morgan fingerprint density at radius 3 is 2.30 bits per heavy atom. The second kappa shape index (κ2) is 9.13. The molecule has 0 aromatic heterocycles. The Morgan fingerprint density at radius 2 is 1.63 bits per heavy atom. The van der Waals surface area contributed by atoms with Gasteiger partial charge >= 0.3 is 0 Å². The minimum Gasteiger partial charge on any atom is -0.324 e. The van der Waals surface area contributed by atoms with Crippen molar-refractivity contribution >= 4 is 27.3 Å². The molecule has 3 aromatic carbocycles. The van der Waals surface area contributed by atoms with Crippen molar-refractivity contribution in [2.45, 2.75) is 32.1 Å². The lowest BCUT2D eigenvalue weighted by atomic mass is 10.1. The zero-order valence-electron chi connectivity index (χ0n) is 17.4. The van der Waals surface area contributed by atoms with Gasteiger partial charge in [0, 0.05) is 5.69 Å². The third kappa shape index (κ3) is 4.71. The maximum atomic E-state index is 13.4. The number of aryl methyl sites for hydroxylation is 3. The number of carbonyl (C=O) groups excluding carboxylic acids is 1. The molecule has 5 nitrogen and oxygen atoms in total. The Hall–Kier alpha value is -3.12. The van der Waals surface area contributed by atoms with E-state index in [4.69, 9.17) is 0 Å². The first-order valence-corrected chi connectivity index (χ1v) is 11.3. The normalized spacial score (nSPS) is 11.2. The van der Waals surface area contributed by atoms with Crippen LogP contribution in [0.15, 0.2) is 77.7 Å². The largest absolute Gasteiger partial charge is 0.324 e. The summed E-state index contributed by atoms with van der Waals surface area (Å²) in [6, 6.07) is 21.1. The topological polar surface area (TPSA) is 66.5 Å². The highest BCUT2D eigenvalue weighted by atomic mass is 32.2. The van der Waals surface area contributed by atoms with Gasteiger partial charge in [-0.15, -0.1) is 0 Å². The fraction of sp³-hybridized carbons (Fsp3) is 0.208. The molecule has 0 radical (unpaired) electrons. The molecular weight excluding hydrogens is 396 g/mol. The molecule has 3 rings (SSSR count). The SMILES string of the molecule is CCc1cccc(C)c1NC(=O)CN(c1cccc(C)c1)S(=O)(=O)c1ccccc1. The van der Waals surface area contributed by atoms with Gasteiger partial charge in [-0.3, -0.25) is 9.10 Å². The van der Waals surface area contributed by atoms with Gasteiger partial charge in [-0.25, -0.2) is 8.42 Å². The monoisotopic (exact) mass is 422 g/mol. The smallest absolute Gasteiger partial charge is 0.264 e. The Labute approximate surface area is 178 Å². The number of sulfonamides is 1. The molecule has 6 heteroatoms. The van der Waals surface area contributed by atoms with E-state index in [0.717, 1.165) is 33.1 Å². The maximum Gasteiger partial charge on any atom is 0.264 e. The van der Waals surface area contributed by atoms with Crippen molar-refractivity contribution in [3.05, 3.63) is 89.5 Å². The summed E-state index contributed by atoms with van der Waals surface area (Å²) < 4.78 is 27.9. The lowest BCUT2D eigenvalue weighted by Gasteiger charge is -2.25. The number of nitrogens with one attached hydrogen (secondary N) is 1. The molecule has 0 spiro atoms. The highest BCUT2D eigenvalue weighted by Gasteiger charge is 2.27. The van der Waals surface area contributed by atoms with Gasteiger partial charge in [0.15, 0.2) is 0 Å². The second-order valence-electron chi connectivity index (χ2n) is 7.17. The van der Waals surface area contributed by atoms with E-state index >= 15 is 0 Å². The van der Waals surface area contributed by atoms with Crippen LogP contribution in [0, 0.1) is 13.8 Å². The number of anilines is 2. The molecule has 0 unspecified atom stereocenters. The zero-order chi connectivity index (χ0) is 21.7. The number of hydrogen-bond donors (Lipinski definition) is 1. The van der Waals surface area contributed by atoms with E-state index in [2.05, 4.69) is 5.32 Å². The number of amides is 1. The first-order valence-electron chi connectivity index (χ1n) is 9.85. The van der Waals surface area contributed by atoms with Crippen molar-refractivity contribution in [1.29, 1.82) is 0 Å². The van der Waals surface area contributed by atoms with Gasteiger partial charge < -0.3 is 5.32 Å². The number of nitrogens with zero attached hydrogens (tertiary/aromatic N) is 1. The average Bonchev–Trinajstić information content (AvgIpc) is 2.74. The molecule has 0 fully saturated rings. The van der Waals surface area contributed by atoms with Gasteiger partial charge in [0.1, 0.15) is 6.54 Å². The number of hydrogen-bond acceptors (Lipinski definition) is 3. The molecule has 0 aliphatic rings. The summed E-state index contributed by atoms with van der Waals surface area (Å²) in [4.78, 5) is 13.1. The molecule has 0 heterocycles. The van der Waals surface area contributed by atoms with Crippen molar-refractivity contribution in [1.82, 2.24) is 0 Å². The van der Waals surface area contributed by atoms with E-state index in [9.17, 15) is 13.2 Å². The summed E-state index contributed by atoms with van der Waals surface area (Å²) in [5.74, 6) is -0.389. The third-order valence-electron chi connectivity index (χ3n) is 4.91. The van der Waals surface area contributed by atoms with E-state index in [-0.39, 0.29) is 17.3 Å². The van der Waals surface area contributed by atoms with Crippen molar-refractivity contribution in [2.24, 2.45) is 0 Å². The van der Waals surface area contributed by atoms with Crippen molar-refractivity contribution in [3.8, 4) is 0 Å². The Bertz CT molecular complexity index is 1140. The Balaban J connectivity index is 1.97. The van der Waals surface area contributed by atoms with Gasteiger partial charge in [-0.1, -0.05) is 55.5 Å². The lowest BCUT2D eigenvalue weighted by Crippen LogP contribution is -2.38. The summed E-state index contributed by atoms with van der Waals surface area (Å²) in [5.41, 5.74) is 4.06. The lowest BCUT2D eigenvalue weighted by molar-refractivity contribution is -0.114. The van der Waals surface area contributed by atoms with Gasteiger partial charge in [0.05, 0.1) is 10.6 Å². The molecule has 0 aliphatic heterocycles. The highest BCUT2D eigenvalue weighted by Crippen LogP contribution is 2.25. The molecule has 0 saturated carbocycles. The molecule has 0 aliphatic carbocycles. The van der Waals surface area contributed by atoms with Crippen LogP contribution in [0.1, 0.15) is 23.6 Å². The molecule has 0 atom stereocenters. The number of benzene rings is 3. The van der Waals surface area contributed by atoms with Crippen LogP contribution in [0.4, 0.5) is 11.4 Å². The Morgan fingerprint density at radius 1 is 0.933 bits per heavy atom. The summed E-state index contributed by atoms with van der Waals surface area (Å²) in [5, 5.41) is 2.92. The summed E-state index contributed by atoms with van der Waals surface area (Å²) in [7, 11) is -3.91. The molecule has 1 amide bonds. The van der Waals surface area contributed by atoms with Gasteiger partial charge in [0.25, 0.3) is 10.0 Å². The van der Waals surface area contributed by atoms with Crippen LogP contribution in [-0.4, -0.2) is 20.9 Å². The maximum absolute atomic E-state index is 13.4. The molecular formula is C24H26N2O3S. The van der Waals surface area contributed by atoms with Crippen LogP contribution >= 0.6 is 0 Å². The van der Waals surface area contributed by atoms with Crippen LogP contribution < -0.4 is 9.62 Å².